The number of fused-ring (bicyclic) bond motifs is 1. The Hall–Kier alpha value is -3.24. The number of amides is 1. The molecular formula is C26H27FN2O5S2. The second kappa shape index (κ2) is 12.1. The van der Waals surface area contributed by atoms with Gasteiger partial charge in [0.25, 0.3) is 10.0 Å². The first-order valence-electron chi connectivity index (χ1n) is 11.5. The summed E-state index contributed by atoms with van der Waals surface area (Å²) in [5.41, 5.74) is 1.29. The van der Waals surface area contributed by atoms with Crippen molar-refractivity contribution in [3.05, 3.63) is 84.2 Å². The number of sulfonamides is 1. The lowest BCUT2D eigenvalue weighted by molar-refractivity contribution is -0.119. The third-order valence-electron chi connectivity index (χ3n) is 5.38. The van der Waals surface area contributed by atoms with E-state index >= 15 is 0 Å². The van der Waals surface area contributed by atoms with E-state index in [-0.39, 0.29) is 10.6 Å². The Morgan fingerprint density at radius 2 is 1.75 bits per heavy atom. The van der Waals surface area contributed by atoms with Crippen molar-refractivity contribution in [2.45, 2.75) is 17.1 Å². The topological polar surface area (TPSA) is 84.9 Å². The summed E-state index contributed by atoms with van der Waals surface area (Å²) < 4.78 is 52.9. The van der Waals surface area contributed by atoms with Gasteiger partial charge in [-0.1, -0.05) is 36.4 Å². The molecule has 36 heavy (non-hydrogen) atoms. The summed E-state index contributed by atoms with van der Waals surface area (Å²) in [7, 11) is -4.20. The van der Waals surface area contributed by atoms with Crippen molar-refractivity contribution >= 4 is 33.4 Å². The summed E-state index contributed by atoms with van der Waals surface area (Å²) in [5, 5.41) is 2.77. The monoisotopic (exact) mass is 530 g/mol. The summed E-state index contributed by atoms with van der Waals surface area (Å²) in [6, 6.07) is 19.5. The number of nitrogens with zero attached hydrogens (tertiary/aromatic N) is 1. The number of anilines is 1. The van der Waals surface area contributed by atoms with Crippen LogP contribution >= 0.6 is 11.8 Å². The average Bonchev–Trinajstić information content (AvgIpc) is 2.89. The number of hydrogen-bond acceptors (Lipinski definition) is 6. The molecule has 0 saturated carbocycles. The van der Waals surface area contributed by atoms with Crippen molar-refractivity contribution in [2.75, 3.05) is 36.4 Å². The van der Waals surface area contributed by atoms with Crippen molar-refractivity contribution in [2.24, 2.45) is 0 Å². The third kappa shape index (κ3) is 6.70. The molecule has 0 aromatic heterocycles. The number of thioether (sulfide) groups is 1. The van der Waals surface area contributed by atoms with E-state index in [1.54, 1.807) is 11.8 Å². The number of halogens is 1. The smallest absolute Gasteiger partial charge is 0.264 e. The molecule has 0 fully saturated rings. The molecule has 0 radical (unpaired) electrons. The van der Waals surface area contributed by atoms with Crippen LogP contribution in [0.2, 0.25) is 0 Å². The first-order valence-corrected chi connectivity index (χ1v) is 14.1. The van der Waals surface area contributed by atoms with Gasteiger partial charge in [0.1, 0.15) is 25.6 Å². The Labute approximate surface area is 214 Å². The highest BCUT2D eigenvalue weighted by molar-refractivity contribution is 7.98. The fraction of sp³-hybridized carbons (Fsp3) is 0.269. The molecule has 7 nitrogen and oxygen atoms in total. The minimum atomic E-state index is -4.20. The van der Waals surface area contributed by atoms with Crippen molar-refractivity contribution in [3.63, 3.8) is 0 Å². The van der Waals surface area contributed by atoms with E-state index in [0.29, 0.717) is 31.3 Å². The van der Waals surface area contributed by atoms with E-state index in [9.17, 15) is 17.6 Å². The number of carbonyl (C=O) groups is 1. The van der Waals surface area contributed by atoms with Gasteiger partial charge < -0.3 is 14.8 Å². The van der Waals surface area contributed by atoms with Crippen molar-refractivity contribution in [1.29, 1.82) is 0 Å². The molecule has 1 aliphatic heterocycles. The lowest BCUT2D eigenvalue weighted by atomic mass is 10.2. The van der Waals surface area contributed by atoms with Gasteiger partial charge in [0.15, 0.2) is 11.5 Å². The predicted molar refractivity (Wildman–Crippen MR) is 139 cm³/mol. The Morgan fingerprint density at radius 3 is 2.53 bits per heavy atom. The van der Waals surface area contributed by atoms with Gasteiger partial charge in [-0.15, -0.1) is 0 Å². The molecule has 0 saturated heterocycles. The zero-order valence-corrected chi connectivity index (χ0v) is 21.2. The predicted octanol–water partition coefficient (Wildman–Crippen LogP) is 4.23. The number of benzene rings is 3. The highest BCUT2D eigenvalue weighted by Gasteiger charge is 2.29. The van der Waals surface area contributed by atoms with Gasteiger partial charge in [-0.05, 0) is 48.1 Å². The molecule has 1 heterocycles. The zero-order valence-electron chi connectivity index (χ0n) is 19.6. The van der Waals surface area contributed by atoms with Gasteiger partial charge in [0.2, 0.25) is 5.91 Å². The molecule has 1 N–H and O–H groups in total. The molecule has 0 aliphatic carbocycles. The van der Waals surface area contributed by atoms with Crippen LogP contribution in [-0.2, 0) is 20.6 Å². The molecular weight excluding hydrogens is 503 g/mol. The highest BCUT2D eigenvalue weighted by Crippen LogP contribution is 2.34. The Morgan fingerprint density at radius 1 is 0.972 bits per heavy atom. The van der Waals surface area contributed by atoms with E-state index in [1.807, 2.05) is 18.2 Å². The highest BCUT2D eigenvalue weighted by atomic mass is 32.2. The third-order valence-corrected chi connectivity index (χ3v) is 8.27. The van der Waals surface area contributed by atoms with E-state index < -0.39 is 28.3 Å². The van der Waals surface area contributed by atoms with Gasteiger partial charge in [-0.2, -0.15) is 11.8 Å². The lowest BCUT2D eigenvalue weighted by Gasteiger charge is -2.25. The average molecular weight is 531 g/mol. The SMILES string of the molecule is O=C(CN(c1cccc(F)c1)S(=O)(=O)c1ccc2c(c1)OCCO2)NCCCSCc1ccccc1. The summed E-state index contributed by atoms with van der Waals surface area (Å²) in [6.07, 6.45) is 0.734. The Balaban J connectivity index is 1.40. The largest absolute Gasteiger partial charge is 0.486 e. The van der Waals surface area contributed by atoms with Crippen LogP contribution in [0.1, 0.15) is 12.0 Å². The Kier molecular flexibility index (Phi) is 8.71. The van der Waals surface area contributed by atoms with Crippen LogP contribution in [-0.4, -0.2) is 46.4 Å². The molecule has 0 bridgehead atoms. The quantitative estimate of drug-likeness (QED) is 0.374. The summed E-state index contributed by atoms with van der Waals surface area (Å²) in [5.74, 6) is 1.40. The van der Waals surface area contributed by atoms with Crippen LogP contribution in [0.25, 0.3) is 0 Å². The first kappa shape index (κ1) is 25.8. The van der Waals surface area contributed by atoms with Gasteiger partial charge in [-0.3, -0.25) is 9.10 Å². The number of carbonyl (C=O) groups excluding carboxylic acids is 1. The van der Waals surface area contributed by atoms with Crippen molar-refractivity contribution in [3.8, 4) is 11.5 Å². The number of hydrogen-bond donors (Lipinski definition) is 1. The van der Waals surface area contributed by atoms with Crippen LogP contribution in [0, 0.1) is 5.82 Å². The van der Waals surface area contributed by atoms with E-state index in [2.05, 4.69) is 17.4 Å². The molecule has 1 amide bonds. The number of rotatable bonds is 11. The van der Waals surface area contributed by atoms with Crippen molar-refractivity contribution in [1.82, 2.24) is 5.32 Å². The van der Waals surface area contributed by atoms with Crippen LogP contribution in [0.15, 0.2) is 77.7 Å². The normalized spacial score (nSPS) is 12.7. The van der Waals surface area contributed by atoms with Crippen LogP contribution < -0.4 is 19.1 Å². The molecule has 3 aromatic carbocycles. The van der Waals surface area contributed by atoms with E-state index in [4.69, 9.17) is 9.47 Å². The molecule has 0 unspecified atom stereocenters. The summed E-state index contributed by atoms with van der Waals surface area (Å²) in [4.78, 5) is 12.6. The fourth-order valence-corrected chi connectivity index (χ4v) is 5.96. The number of nitrogens with one attached hydrogen (secondary N) is 1. The minimum Gasteiger partial charge on any atom is -0.486 e. The molecule has 4 rings (SSSR count). The summed E-state index contributed by atoms with van der Waals surface area (Å²) >= 11 is 1.76. The van der Waals surface area contributed by atoms with E-state index in [1.165, 1.54) is 42.0 Å². The van der Waals surface area contributed by atoms with Crippen LogP contribution in [0.3, 0.4) is 0 Å². The molecule has 10 heteroatoms. The van der Waals surface area contributed by atoms with Crippen molar-refractivity contribution < 1.29 is 27.1 Å². The van der Waals surface area contributed by atoms with Gasteiger partial charge in [0.05, 0.1) is 10.6 Å². The molecule has 190 valence electrons. The first-order chi connectivity index (χ1) is 17.4. The van der Waals surface area contributed by atoms with Crippen LogP contribution in [0.5, 0.6) is 11.5 Å². The number of ether oxygens (including phenoxy) is 2. The molecule has 3 aromatic rings. The standard InChI is InChI=1S/C26H27FN2O5S2/c27-21-8-4-9-22(16-21)29(36(31,32)23-10-11-24-25(17-23)34-14-13-33-24)18-26(30)28-12-5-15-35-19-20-6-2-1-3-7-20/h1-4,6-11,16-17H,5,12-15,18-19H2,(H,28,30). The Bertz CT molecular complexity index is 1290. The van der Waals surface area contributed by atoms with Gasteiger partial charge in [0, 0.05) is 18.4 Å². The maximum absolute atomic E-state index is 14.0. The zero-order chi connectivity index (χ0) is 25.4. The van der Waals surface area contributed by atoms with Gasteiger partial charge in [-0.25, -0.2) is 12.8 Å². The molecule has 1 aliphatic rings. The van der Waals surface area contributed by atoms with Crippen LogP contribution in [0.4, 0.5) is 10.1 Å². The summed E-state index contributed by atoms with van der Waals surface area (Å²) in [6.45, 7) is 0.592. The maximum atomic E-state index is 14.0. The fourth-order valence-electron chi connectivity index (χ4n) is 3.61. The maximum Gasteiger partial charge on any atom is 0.264 e. The second-order valence-corrected chi connectivity index (χ2v) is 11.0. The second-order valence-electron chi connectivity index (χ2n) is 8.04. The molecule has 0 atom stereocenters. The lowest BCUT2D eigenvalue weighted by Crippen LogP contribution is -2.41. The van der Waals surface area contributed by atoms with Gasteiger partial charge >= 0.3 is 0 Å². The minimum absolute atomic E-state index is 0.0541. The molecule has 0 spiro atoms. The van der Waals surface area contributed by atoms with E-state index in [0.717, 1.165) is 28.3 Å².